The van der Waals surface area contributed by atoms with Crippen LogP contribution in [0.5, 0.6) is 5.75 Å². The van der Waals surface area contributed by atoms with Gasteiger partial charge in [0.15, 0.2) is 11.6 Å². The molecule has 4 nitrogen and oxygen atoms in total. The molecule has 1 heterocycles. The Morgan fingerprint density at radius 2 is 1.61 bits per heavy atom. The maximum absolute atomic E-state index is 13.0. The summed E-state index contributed by atoms with van der Waals surface area (Å²) in [6.07, 6.45) is 4.93. The lowest BCUT2D eigenvalue weighted by Gasteiger charge is -2.36. The van der Waals surface area contributed by atoms with Crippen LogP contribution in [-0.4, -0.2) is 18.2 Å². The van der Waals surface area contributed by atoms with Crippen molar-refractivity contribution in [2.24, 2.45) is 0 Å². The maximum Gasteiger partial charge on any atom is 0.163 e. The topological polar surface area (TPSA) is 52.6 Å². The van der Waals surface area contributed by atoms with Crippen LogP contribution < -0.4 is 4.74 Å². The predicted molar refractivity (Wildman–Crippen MR) is 113 cm³/mol. The van der Waals surface area contributed by atoms with Crippen LogP contribution in [0, 0.1) is 0 Å². The van der Waals surface area contributed by atoms with Crippen molar-refractivity contribution in [3.8, 4) is 5.75 Å². The van der Waals surface area contributed by atoms with Gasteiger partial charge in [-0.05, 0) is 47.3 Å². The molecule has 4 rings (SSSR count). The zero-order chi connectivity index (χ0) is 19.8. The lowest BCUT2D eigenvalue weighted by molar-refractivity contribution is -0.117. The highest BCUT2D eigenvalue weighted by Gasteiger charge is 2.43. The molecule has 0 unspecified atom stereocenters. The summed E-state index contributed by atoms with van der Waals surface area (Å²) in [4.78, 5) is 25.9. The average molecular weight is 510 g/mol. The molecule has 3 aliphatic rings. The summed E-state index contributed by atoms with van der Waals surface area (Å²) in [7, 11) is 0. The molecule has 0 amide bonds. The van der Waals surface area contributed by atoms with Gasteiger partial charge in [0.1, 0.15) is 17.3 Å². The number of benzene rings is 1. The number of allylic oxidation sites excluding steroid dienone is 4. The summed E-state index contributed by atoms with van der Waals surface area (Å²) in [6.45, 7) is 2.62. The molecule has 2 aliphatic carbocycles. The van der Waals surface area contributed by atoms with Crippen molar-refractivity contribution < 1.29 is 19.1 Å². The molecule has 148 valence electrons. The van der Waals surface area contributed by atoms with E-state index >= 15 is 0 Å². The molecule has 28 heavy (non-hydrogen) atoms. The standard InChI is InChI=1S/C22H22Br2O4/c1-2-9-27-22-13(10-12(23)11-14(22)24)19-20-15(25)5-3-7-17(20)28-18-8-4-6-16(26)21(18)19/h10-11,19H,2-9H2,1H3. The Balaban J connectivity index is 1.95. The number of ketones is 2. The van der Waals surface area contributed by atoms with E-state index in [2.05, 4.69) is 38.8 Å². The minimum absolute atomic E-state index is 0.0775. The smallest absolute Gasteiger partial charge is 0.163 e. The minimum Gasteiger partial charge on any atom is -0.492 e. The minimum atomic E-state index is -0.417. The number of hydrogen-bond acceptors (Lipinski definition) is 4. The highest BCUT2D eigenvalue weighted by molar-refractivity contribution is 9.11. The Morgan fingerprint density at radius 1 is 1.00 bits per heavy atom. The third-order valence-corrected chi connectivity index (χ3v) is 6.49. The number of carbonyl (C=O) groups excluding carboxylic acids is 2. The number of carbonyl (C=O) groups is 2. The van der Waals surface area contributed by atoms with Gasteiger partial charge in [0, 0.05) is 46.9 Å². The Hall–Kier alpha value is -1.40. The molecule has 0 aromatic heterocycles. The second kappa shape index (κ2) is 8.15. The molecule has 0 atom stereocenters. The van der Waals surface area contributed by atoms with Gasteiger partial charge in [-0.1, -0.05) is 22.9 Å². The van der Waals surface area contributed by atoms with E-state index in [1.54, 1.807) is 0 Å². The van der Waals surface area contributed by atoms with Gasteiger partial charge in [0.2, 0.25) is 0 Å². The first-order valence-electron chi connectivity index (χ1n) is 9.83. The largest absolute Gasteiger partial charge is 0.492 e. The molecular formula is C22H22Br2O4. The normalized spacial score (nSPS) is 20.1. The third kappa shape index (κ3) is 3.50. The average Bonchev–Trinajstić information content (AvgIpc) is 2.66. The molecule has 0 spiro atoms. The number of hydrogen-bond donors (Lipinski definition) is 0. The Morgan fingerprint density at radius 3 is 2.18 bits per heavy atom. The molecule has 1 aromatic carbocycles. The second-order valence-electron chi connectivity index (χ2n) is 7.42. The molecule has 0 radical (unpaired) electrons. The van der Waals surface area contributed by atoms with E-state index in [0.29, 0.717) is 36.3 Å². The molecule has 1 aliphatic heterocycles. The van der Waals surface area contributed by atoms with Crippen LogP contribution in [0.4, 0.5) is 0 Å². The summed E-state index contributed by atoms with van der Waals surface area (Å²) in [5, 5.41) is 0. The van der Waals surface area contributed by atoms with Crippen LogP contribution in [-0.2, 0) is 14.3 Å². The number of rotatable bonds is 4. The third-order valence-electron chi connectivity index (χ3n) is 5.44. The lowest BCUT2D eigenvalue weighted by Crippen LogP contribution is -2.30. The van der Waals surface area contributed by atoms with E-state index in [0.717, 1.165) is 58.1 Å². The van der Waals surface area contributed by atoms with E-state index in [1.165, 1.54) is 0 Å². The Kier molecular flexibility index (Phi) is 5.79. The van der Waals surface area contributed by atoms with Crippen molar-refractivity contribution in [1.29, 1.82) is 0 Å². The van der Waals surface area contributed by atoms with Gasteiger partial charge in [0.25, 0.3) is 0 Å². The lowest BCUT2D eigenvalue weighted by atomic mass is 9.73. The first-order chi connectivity index (χ1) is 13.5. The molecule has 6 heteroatoms. The van der Waals surface area contributed by atoms with Crippen molar-refractivity contribution >= 4 is 43.4 Å². The van der Waals surface area contributed by atoms with Crippen LogP contribution in [0.25, 0.3) is 0 Å². The van der Waals surface area contributed by atoms with E-state index in [-0.39, 0.29) is 11.6 Å². The van der Waals surface area contributed by atoms with E-state index in [9.17, 15) is 9.59 Å². The molecule has 0 saturated carbocycles. The van der Waals surface area contributed by atoms with Crippen molar-refractivity contribution in [1.82, 2.24) is 0 Å². The molecule has 0 N–H and O–H groups in total. The summed E-state index contributed by atoms with van der Waals surface area (Å²) in [5.41, 5.74) is 2.14. The highest BCUT2D eigenvalue weighted by atomic mass is 79.9. The van der Waals surface area contributed by atoms with Crippen LogP contribution in [0.2, 0.25) is 0 Å². The Bertz CT molecular complexity index is 871. The number of Topliss-reactive ketones (excluding diaryl/α,β-unsaturated/α-hetero) is 2. The first-order valence-corrected chi connectivity index (χ1v) is 11.4. The summed E-state index contributed by atoms with van der Waals surface area (Å²) in [5.74, 6) is 1.93. The van der Waals surface area contributed by atoms with Crippen LogP contribution in [0.15, 0.2) is 43.7 Å². The fraction of sp³-hybridized carbons (Fsp3) is 0.455. The van der Waals surface area contributed by atoms with Gasteiger partial charge >= 0.3 is 0 Å². The van der Waals surface area contributed by atoms with Gasteiger partial charge in [0.05, 0.1) is 17.0 Å². The fourth-order valence-electron chi connectivity index (χ4n) is 4.28. The van der Waals surface area contributed by atoms with Crippen molar-refractivity contribution in [3.05, 3.63) is 49.3 Å². The highest BCUT2D eigenvalue weighted by Crippen LogP contribution is 2.51. The van der Waals surface area contributed by atoms with E-state index in [1.807, 2.05) is 12.1 Å². The van der Waals surface area contributed by atoms with E-state index in [4.69, 9.17) is 9.47 Å². The molecule has 0 fully saturated rings. The van der Waals surface area contributed by atoms with Gasteiger partial charge in [-0.25, -0.2) is 0 Å². The summed E-state index contributed by atoms with van der Waals surface area (Å²) in [6, 6.07) is 3.91. The monoisotopic (exact) mass is 508 g/mol. The maximum atomic E-state index is 13.0. The van der Waals surface area contributed by atoms with Crippen molar-refractivity contribution in [3.63, 3.8) is 0 Å². The van der Waals surface area contributed by atoms with Crippen molar-refractivity contribution in [2.45, 2.75) is 57.8 Å². The van der Waals surface area contributed by atoms with Gasteiger partial charge < -0.3 is 9.47 Å². The van der Waals surface area contributed by atoms with Crippen molar-refractivity contribution in [2.75, 3.05) is 6.61 Å². The quantitative estimate of drug-likeness (QED) is 0.490. The zero-order valence-corrected chi connectivity index (χ0v) is 18.9. The van der Waals surface area contributed by atoms with Gasteiger partial charge in [-0.15, -0.1) is 0 Å². The van der Waals surface area contributed by atoms with Crippen LogP contribution >= 0.6 is 31.9 Å². The van der Waals surface area contributed by atoms with E-state index < -0.39 is 5.92 Å². The molecule has 0 bridgehead atoms. The zero-order valence-electron chi connectivity index (χ0n) is 15.8. The Labute approximate surface area is 181 Å². The fourth-order valence-corrected chi connectivity index (χ4v) is 5.65. The van der Waals surface area contributed by atoms with Crippen LogP contribution in [0.3, 0.4) is 0 Å². The van der Waals surface area contributed by atoms with Crippen LogP contribution in [0.1, 0.15) is 63.4 Å². The predicted octanol–water partition coefficient (Wildman–Crippen LogP) is 6.13. The molecule has 0 saturated heterocycles. The SMILES string of the molecule is CCCOc1c(Br)cc(Br)cc1C1C2=C(CCCC2=O)OC2=C1C(=O)CCC2. The van der Waals surface area contributed by atoms with Gasteiger partial charge in [-0.3, -0.25) is 9.59 Å². The molecule has 1 aromatic rings. The summed E-state index contributed by atoms with van der Waals surface area (Å²) < 4.78 is 13.9. The molecular weight excluding hydrogens is 488 g/mol. The second-order valence-corrected chi connectivity index (χ2v) is 9.19. The first kappa shape index (κ1) is 19.9. The number of ether oxygens (including phenoxy) is 2. The van der Waals surface area contributed by atoms with Gasteiger partial charge in [-0.2, -0.15) is 0 Å². The summed E-state index contributed by atoms with van der Waals surface area (Å²) >= 11 is 7.18. The number of halogens is 2.